The lowest BCUT2D eigenvalue weighted by molar-refractivity contribution is -0.123. The van der Waals surface area contributed by atoms with Gasteiger partial charge in [0, 0.05) is 16.1 Å². The number of benzene rings is 2. The summed E-state index contributed by atoms with van der Waals surface area (Å²) in [7, 11) is 0. The van der Waals surface area contributed by atoms with Gasteiger partial charge in [0.25, 0.3) is 5.91 Å². The molecule has 0 aromatic heterocycles. The summed E-state index contributed by atoms with van der Waals surface area (Å²) >= 11 is 3.36. The van der Waals surface area contributed by atoms with Gasteiger partial charge in [-0.05, 0) is 43.2 Å². The molecule has 6 nitrogen and oxygen atoms in total. The Morgan fingerprint density at radius 3 is 2.54 bits per heavy atom. The zero-order valence-electron chi connectivity index (χ0n) is 16.1. The molecule has 2 rings (SSSR count). The van der Waals surface area contributed by atoms with Crippen LogP contribution in [0.5, 0.6) is 17.2 Å². The van der Waals surface area contributed by atoms with Crippen LogP contribution in [0.2, 0.25) is 0 Å². The zero-order chi connectivity index (χ0) is 20.2. The normalized spacial score (nSPS) is 10.7. The summed E-state index contributed by atoms with van der Waals surface area (Å²) in [6.45, 7) is 5.20. The largest absolute Gasteiger partial charge is 0.493 e. The van der Waals surface area contributed by atoms with Crippen molar-refractivity contribution in [3.05, 3.63) is 52.5 Å². The molecular formula is C21H25BrN2O4. The van der Waals surface area contributed by atoms with Crippen molar-refractivity contribution in [1.29, 1.82) is 0 Å². The Hall–Kier alpha value is -2.54. The van der Waals surface area contributed by atoms with Crippen LogP contribution in [-0.4, -0.2) is 31.9 Å². The molecule has 0 radical (unpaired) electrons. The lowest BCUT2D eigenvalue weighted by Gasteiger charge is -2.11. The quantitative estimate of drug-likeness (QED) is 0.404. The van der Waals surface area contributed by atoms with Crippen molar-refractivity contribution in [3.8, 4) is 17.2 Å². The lowest BCUT2D eigenvalue weighted by atomic mass is 10.2. The van der Waals surface area contributed by atoms with Crippen LogP contribution >= 0.6 is 15.9 Å². The van der Waals surface area contributed by atoms with Crippen molar-refractivity contribution in [3.63, 3.8) is 0 Å². The average Bonchev–Trinajstić information content (AvgIpc) is 2.70. The van der Waals surface area contributed by atoms with Crippen LogP contribution < -0.4 is 19.6 Å². The van der Waals surface area contributed by atoms with E-state index in [0.29, 0.717) is 24.7 Å². The predicted octanol–water partition coefficient (Wildman–Crippen LogP) is 4.56. The molecule has 0 aliphatic heterocycles. The monoisotopic (exact) mass is 448 g/mol. The van der Waals surface area contributed by atoms with Gasteiger partial charge in [0.15, 0.2) is 6.61 Å². The fourth-order valence-electron chi connectivity index (χ4n) is 2.18. The van der Waals surface area contributed by atoms with Crippen LogP contribution in [0.15, 0.2) is 52.0 Å². The number of nitrogens with zero attached hydrogens (tertiary/aromatic N) is 1. The Balaban J connectivity index is 1.92. The van der Waals surface area contributed by atoms with Gasteiger partial charge in [-0.1, -0.05) is 35.8 Å². The molecule has 150 valence electrons. The Labute approximate surface area is 174 Å². The first-order valence-electron chi connectivity index (χ1n) is 9.22. The van der Waals surface area contributed by atoms with Gasteiger partial charge in [-0.2, -0.15) is 5.10 Å². The van der Waals surface area contributed by atoms with Crippen molar-refractivity contribution < 1.29 is 19.0 Å². The second-order valence-corrected chi connectivity index (χ2v) is 6.85. The fourth-order valence-corrected chi connectivity index (χ4v) is 2.56. The van der Waals surface area contributed by atoms with Crippen LogP contribution in [0, 0.1) is 0 Å². The Kier molecular flexibility index (Phi) is 9.34. The minimum absolute atomic E-state index is 0.128. The van der Waals surface area contributed by atoms with Gasteiger partial charge in [0.2, 0.25) is 0 Å². The molecule has 0 aliphatic carbocycles. The number of hydrazone groups is 1. The smallest absolute Gasteiger partial charge is 0.277 e. The Morgan fingerprint density at radius 2 is 1.79 bits per heavy atom. The van der Waals surface area contributed by atoms with Gasteiger partial charge in [-0.25, -0.2) is 5.43 Å². The maximum atomic E-state index is 11.9. The van der Waals surface area contributed by atoms with Crippen LogP contribution in [0.3, 0.4) is 0 Å². The number of nitrogens with one attached hydrogen (secondary N) is 1. The summed E-state index contributed by atoms with van der Waals surface area (Å²) in [6.07, 6.45) is 3.37. The number of amides is 1. The molecule has 0 fully saturated rings. The van der Waals surface area contributed by atoms with E-state index < -0.39 is 0 Å². The van der Waals surface area contributed by atoms with E-state index in [1.165, 1.54) is 0 Å². The van der Waals surface area contributed by atoms with Gasteiger partial charge in [-0.15, -0.1) is 0 Å². The van der Waals surface area contributed by atoms with E-state index in [-0.39, 0.29) is 12.5 Å². The van der Waals surface area contributed by atoms with E-state index in [9.17, 15) is 4.79 Å². The van der Waals surface area contributed by atoms with Crippen molar-refractivity contribution in [2.45, 2.75) is 26.7 Å². The summed E-state index contributed by atoms with van der Waals surface area (Å²) in [6, 6.07) is 12.8. The molecule has 0 saturated heterocycles. The first-order valence-corrected chi connectivity index (χ1v) is 10.0. The minimum Gasteiger partial charge on any atom is -0.493 e. The van der Waals surface area contributed by atoms with Crippen LogP contribution in [0.25, 0.3) is 0 Å². The Bertz CT molecular complexity index is 796. The van der Waals surface area contributed by atoms with Gasteiger partial charge in [0.05, 0.1) is 19.4 Å². The molecule has 0 spiro atoms. The van der Waals surface area contributed by atoms with Gasteiger partial charge >= 0.3 is 0 Å². The average molecular weight is 449 g/mol. The first kappa shape index (κ1) is 21.8. The highest BCUT2D eigenvalue weighted by atomic mass is 79.9. The third-order valence-corrected chi connectivity index (χ3v) is 3.97. The van der Waals surface area contributed by atoms with E-state index in [1.54, 1.807) is 18.3 Å². The molecule has 0 aliphatic rings. The second kappa shape index (κ2) is 12.0. The van der Waals surface area contributed by atoms with E-state index in [1.807, 2.05) is 37.3 Å². The third kappa shape index (κ3) is 7.60. The van der Waals surface area contributed by atoms with E-state index >= 15 is 0 Å². The van der Waals surface area contributed by atoms with Crippen molar-refractivity contribution >= 4 is 28.1 Å². The van der Waals surface area contributed by atoms with Gasteiger partial charge in [-0.3, -0.25) is 4.79 Å². The number of carbonyl (C=O) groups excluding carboxylic acids is 1. The molecule has 28 heavy (non-hydrogen) atoms. The van der Waals surface area contributed by atoms with E-state index in [0.717, 1.165) is 28.6 Å². The molecule has 0 unspecified atom stereocenters. The zero-order valence-corrected chi connectivity index (χ0v) is 17.7. The SMILES string of the molecule is CCCOc1ccc(C=NNC(=O)COc2cccc(Br)c2)c(OCCC)c1. The highest BCUT2D eigenvalue weighted by molar-refractivity contribution is 9.10. The van der Waals surface area contributed by atoms with E-state index in [2.05, 4.69) is 33.4 Å². The van der Waals surface area contributed by atoms with E-state index in [4.69, 9.17) is 14.2 Å². The summed E-state index contributed by atoms with van der Waals surface area (Å²) in [5.74, 6) is 1.66. The molecule has 0 atom stereocenters. The molecule has 7 heteroatoms. The lowest BCUT2D eigenvalue weighted by Crippen LogP contribution is -2.24. The summed E-state index contributed by atoms with van der Waals surface area (Å²) < 4.78 is 17.7. The molecule has 0 bridgehead atoms. The molecule has 1 N–H and O–H groups in total. The fraction of sp³-hybridized carbons (Fsp3) is 0.333. The summed E-state index contributed by atoms with van der Waals surface area (Å²) in [5, 5.41) is 4.00. The molecule has 2 aromatic carbocycles. The number of hydrogen-bond donors (Lipinski definition) is 1. The number of halogens is 1. The molecule has 0 saturated carbocycles. The number of carbonyl (C=O) groups is 1. The standard InChI is InChI=1S/C21H25BrN2O4/c1-3-10-26-19-9-8-16(20(13-19)27-11-4-2)14-23-24-21(25)15-28-18-7-5-6-17(22)12-18/h5-9,12-14H,3-4,10-11,15H2,1-2H3,(H,24,25). The third-order valence-electron chi connectivity index (χ3n) is 3.48. The van der Waals surface area contributed by atoms with Gasteiger partial charge < -0.3 is 14.2 Å². The predicted molar refractivity (Wildman–Crippen MR) is 113 cm³/mol. The number of rotatable bonds is 11. The maximum Gasteiger partial charge on any atom is 0.277 e. The molecule has 1 amide bonds. The summed E-state index contributed by atoms with van der Waals surface area (Å²) in [5.41, 5.74) is 3.21. The highest BCUT2D eigenvalue weighted by Crippen LogP contribution is 2.24. The maximum absolute atomic E-state index is 11.9. The summed E-state index contributed by atoms with van der Waals surface area (Å²) in [4.78, 5) is 11.9. The van der Waals surface area contributed by atoms with Crippen LogP contribution in [0.1, 0.15) is 32.3 Å². The van der Waals surface area contributed by atoms with Crippen molar-refractivity contribution in [2.75, 3.05) is 19.8 Å². The van der Waals surface area contributed by atoms with Gasteiger partial charge in [0.1, 0.15) is 17.2 Å². The highest BCUT2D eigenvalue weighted by Gasteiger charge is 2.06. The first-order chi connectivity index (χ1) is 13.6. The molecular weight excluding hydrogens is 424 g/mol. The number of hydrogen-bond acceptors (Lipinski definition) is 5. The number of ether oxygens (including phenoxy) is 3. The van der Waals surface area contributed by atoms with Crippen molar-refractivity contribution in [2.24, 2.45) is 5.10 Å². The van der Waals surface area contributed by atoms with Crippen molar-refractivity contribution in [1.82, 2.24) is 5.43 Å². The topological polar surface area (TPSA) is 69.2 Å². The Morgan fingerprint density at radius 1 is 1.04 bits per heavy atom. The molecule has 0 heterocycles. The second-order valence-electron chi connectivity index (χ2n) is 5.94. The minimum atomic E-state index is -0.352. The molecule has 2 aromatic rings. The van der Waals surface area contributed by atoms with Crippen LogP contribution in [-0.2, 0) is 4.79 Å². The van der Waals surface area contributed by atoms with Crippen LogP contribution in [0.4, 0.5) is 0 Å².